The zero-order valence-corrected chi connectivity index (χ0v) is 20.2. The number of hydrogen-bond donors (Lipinski definition) is 2. The lowest BCUT2D eigenvalue weighted by molar-refractivity contribution is -0.174. The van der Waals surface area contributed by atoms with Gasteiger partial charge < -0.3 is 10.3 Å². The first-order chi connectivity index (χ1) is 16.5. The van der Waals surface area contributed by atoms with E-state index in [-0.39, 0.29) is 6.04 Å². The molecule has 4 nitrogen and oxygen atoms in total. The largest absolute Gasteiger partial charge is 0.380 e. The number of likely N-dealkylation sites (tertiary alicyclic amines) is 1. The summed E-state index contributed by atoms with van der Waals surface area (Å²) in [5.41, 5.74) is 7.13. The van der Waals surface area contributed by atoms with Gasteiger partial charge in [0, 0.05) is 53.5 Å². The highest BCUT2D eigenvalue weighted by atomic mass is 19.1. The minimum atomic E-state index is -0.753. The molecule has 178 valence electrons. The van der Waals surface area contributed by atoms with Gasteiger partial charge in [-0.2, -0.15) is 0 Å². The van der Waals surface area contributed by atoms with E-state index >= 15 is 0 Å². The summed E-state index contributed by atoms with van der Waals surface area (Å²) >= 11 is 0. The molecule has 0 unspecified atom stereocenters. The average molecular weight is 459 g/mol. The molecule has 8 rings (SSSR count). The highest BCUT2D eigenvalue weighted by Gasteiger charge is 2.63. The number of para-hydroxylation sites is 1. The van der Waals surface area contributed by atoms with Crippen LogP contribution in [0.2, 0.25) is 0 Å². The number of hydrogen-bond acceptors (Lipinski definition) is 3. The lowest BCUT2D eigenvalue weighted by Crippen LogP contribution is -2.71. The van der Waals surface area contributed by atoms with Crippen molar-refractivity contribution in [2.75, 3.05) is 25.0 Å². The van der Waals surface area contributed by atoms with E-state index in [4.69, 9.17) is 0 Å². The second-order valence-corrected chi connectivity index (χ2v) is 11.6. The minimum Gasteiger partial charge on any atom is -0.380 e. The van der Waals surface area contributed by atoms with Crippen molar-refractivity contribution < 1.29 is 4.39 Å². The molecule has 3 aromatic rings. The van der Waals surface area contributed by atoms with Crippen LogP contribution in [0.5, 0.6) is 0 Å². The van der Waals surface area contributed by atoms with E-state index < -0.39 is 6.17 Å². The SMILES string of the molecule is C[C@@H]1Cc2c([nH]c3ccccc23)[C@@H](c2ccc(NC3CN(C[C@@H](C)F)C3)cc2)N1C12CC(C1)C2. The molecule has 5 heteroatoms. The maximum Gasteiger partial charge on any atom is 0.110 e. The summed E-state index contributed by atoms with van der Waals surface area (Å²) in [5.74, 6) is 0.964. The molecule has 34 heavy (non-hydrogen) atoms. The number of rotatable bonds is 6. The summed E-state index contributed by atoms with van der Waals surface area (Å²) in [4.78, 5) is 8.89. The van der Waals surface area contributed by atoms with Gasteiger partial charge >= 0.3 is 0 Å². The molecule has 4 fully saturated rings. The molecule has 1 saturated heterocycles. The van der Waals surface area contributed by atoms with Gasteiger partial charge in [-0.3, -0.25) is 9.80 Å². The van der Waals surface area contributed by atoms with Gasteiger partial charge in [0.05, 0.1) is 12.1 Å². The predicted octanol–water partition coefficient (Wildman–Crippen LogP) is 5.51. The number of fused-ring (bicyclic) bond motifs is 3. The van der Waals surface area contributed by atoms with Gasteiger partial charge in [0.25, 0.3) is 0 Å². The van der Waals surface area contributed by atoms with Gasteiger partial charge in [0.15, 0.2) is 0 Å². The van der Waals surface area contributed by atoms with E-state index in [1.54, 1.807) is 6.92 Å². The van der Waals surface area contributed by atoms with Crippen molar-refractivity contribution in [3.8, 4) is 0 Å². The van der Waals surface area contributed by atoms with Crippen molar-refractivity contribution in [3.05, 3.63) is 65.4 Å². The van der Waals surface area contributed by atoms with Gasteiger partial charge in [-0.05, 0) is 74.8 Å². The normalized spacial score (nSPS) is 31.9. The number of nitrogens with one attached hydrogen (secondary N) is 2. The first kappa shape index (κ1) is 21.0. The van der Waals surface area contributed by atoms with E-state index in [2.05, 4.69) is 75.6 Å². The maximum atomic E-state index is 13.2. The Hall–Kier alpha value is -2.37. The Morgan fingerprint density at radius 3 is 2.50 bits per heavy atom. The highest BCUT2D eigenvalue weighted by Crippen LogP contribution is 2.64. The van der Waals surface area contributed by atoms with Crippen LogP contribution in [-0.2, 0) is 6.42 Å². The van der Waals surface area contributed by atoms with Crippen LogP contribution in [0, 0.1) is 5.92 Å². The van der Waals surface area contributed by atoms with Gasteiger partial charge in [-0.15, -0.1) is 0 Å². The van der Waals surface area contributed by atoms with E-state index in [0.29, 0.717) is 24.2 Å². The van der Waals surface area contributed by atoms with Crippen molar-refractivity contribution in [2.45, 2.75) is 69.4 Å². The topological polar surface area (TPSA) is 34.3 Å². The monoisotopic (exact) mass is 458 g/mol. The molecule has 3 aliphatic carbocycles. The molecule has 3 heterocycles. The Labute approximate surface area is 201 Å². The number of nitrogens with zero attached hydrogens (tertiary/aromatic N) is 2. The maximum absolute atomic E-state index is 13.2. The molecule has 3 atom stereocenters. The smallest absolute Gasteiger partial charge is 0.110 e. The van der Waals surface area contributed by atoms with Crippen LogP contribution in [0.1, 0.15) is 56.0 Å². The van der Waals surface area contributed by atoms with Crippen LogP contribution in [-0.4, -0.2) is 58.2 Å². The van der Waals surface area contributed by atoms with Gasteiger partial charge in [0.2, 0.25) is 0 Å². The quantitative estimate of drug-likeness (QED) is 0.511. The fraction of sp³-hybridized carbons (Fsp3) is 0.517. The number of H-pyrrole nitrogens is 1. The third-order valence-electron chi connectivity index (χ3n) is 8.99. The number of halogens is 1. The number of anilines is 1. The number of benzene rings is 2. The molecule has 1 aromatic heterocycles. The van der Waals surface area contributed by atoms with Crippen LogP contribution < -0.4 is 5.32 Å². The van der Waals surface area contributed by atoms with Crippen LogP contribution in [0.15, 0.2) is 48.5 Å². The van der Waals surface area contributed by atoms with Crippen LogP contribution in [0.4, 0.5) is 10.1 Å². The molecule has 0 radical (unpaired) electrons. The van der Waals surface area contributed by atoms with Crippen molar-refractivity contribution >= 4 is 16.6 Å². The average Bonchev–Trinajstić information content (AvgIpc) is 3.09. The Morgan fingerprint density at radius 2 is 1.82 bits per heavy atom. The zero-order chi connectivity index (χ0) is 23.0. The molecule has 5 aliphatic rings. The summed E-state index contributed by atoms with van der Waals surface area (Å²) in [7, 11) is 0. The molecule has 2 aliphatic heterocycles. The number of alkyl halides is 1. The third kappa shape index (κ3) is 3.16. The fourth-order valence-corrected chi connectivity index (χ4v) is 7.44. The van der Waals surface area contributed by atoms with Crippen molar-refractivity contribution in [2.24, 2.45) is 5.92 Å². The summed E-state index contributed by atoms with van der Waals surface area (Å²) in [6.07, 6.45) is 4.49. The van der Waals surface area contributed by atoms with Crippen LogP contribution in [0.3, 0.4) is 0 Å². The van der Waals surface area contributed by atoms with Gasteiger partial charge in [0.1, 0.15) is 6.17 Å². The second kappa shape index (κ2) is 7.56. The van der Waals surface area contributed by atoms with Gasteiger partial charge in [-0.25, -0.2) is 4.39 Å². The molecule has 3 saturated carbocycles. The predicted molar refractivity (Wildman–Crippen MR) is 136 cm³/mol. The second-order valence-electron chi connectivity index (χ2n) is 11.6. The van der Waals surface area contributed by atoms with Crippen LogP contribution in [0.25, 0.3) is 10.9 Å². The molecular weight excluding hydrogens is 423 g/mol. The summed E-state index contributed by atoms with van der Waals surface area (Å²) in [5, 5.41) is 5.04. The lowest BCUT2D eigenvalue weighted by Gasteiger charge is -2.70. The first-order valence-electron chi connectivity index (χ1n) is 13.1. The molecule has 2 N–H and O–H groups in total. The summed E-state index contributed by atoms with van der Waals surface area (Å²) in [6, 6.07) is 19.2. The van der Waals surface area contributed by atoms with E-state index in [1.165, 1.54) is 52.7 Å². The Balaban J connectivity index is 1.19. The van der Waals surface area contributed by atoms with E-state index in [0.717, 1.165) is 25.4 Å². The number of aromatic nitrogens is 1. The highest BCUT2D eigenvalue weighted by molar-refractivity contribution is 5.85. The van der Waals surface area contributed by atoms with Crippen LogP contribution >= 0.6 is 0 Å². The first-order valence-corrected chi connectivity index (χ1v) is 13.1. The summed E-state index contributed by atoms with van der Waals surface area (Å²) in [6.45, 7) is 6.47. The Bertz CT molecular complexity index is 1190. The standard InChI is InChI=1S/C29H35FN4/c1-18(30)15-33-16-23(17-33)31-22-9-7-21(8-10-22)28-27-25(24-5-3-4-6-26(24)32-27)11-19(2)34(28)29-12-20(13-29)14-29/h3-10,18-20,23,28,31-32H,11-17H2,1-2H3/t18-,19-,20?,28-,29?/m1/s1. The third-order valence-corrected chi connectivity index (χ3v) is 8.99. The Morgan fingerprint density at radius 1 is 1.09 bits per heavy atom. The lowest BCUT2D eigenvalue weighted by atomic mass is 9.48. The Kier molecular flexibility index (Phi) is 4.66. The molecular formula is C29H35FN4. The molecule has 2 bridgehead atoms. The number of aromatic amines is 1. The minimum absolute atomic E-state index is 0.284. The van der Waals surface area contributed by atoms with Gasteiger partial charge in [-0.1, -0.05) is 30.3 Å². The summed E-state index contributed by atoms with van der Waals surface area (Å²) < 4.78 is 13.2. The zero-order valence-electron chi connectivity index (χ0n) is 20.2. The van der Waals surface area contributed by atoms with Crippen molar-refractivity contribution in [1.29, 1.82) is 0 Å². The van der Waals surface area contributed by atoms with Crippen molar-refractivity contribution in [1.82, 2.24) is 14.8 Å². The molecule has 2 aromatic carbocycles. The fourth-order valence-electron chi connectivity index (χ4n) is 7.44. The van der Waals surface area contributed by atoms with E-state index in [1.807, 2.05) is 0 Å². The molecule has 0 spiro atoms. The van der Waals surface area contributed by atoms with Crippen molar-refractivity contribution in [3.63, 3.8) is 0 Å². The van der Waals surface area contributed by atoms with E-state index in [9.17, 15) is 4.39 Å². The molecule has 0 amide bonds.